The Morgan fingerprint density at radius 2 is 0.864 bits per heavy atom. The second kappa shape index (κ2) is 9.71. The molecule has 0 N–H and O–H groups in total. The van der Waals surface area contributed by atoms with Gasteiger partial charge in [-0.05, 0) is 59.4 Å². The predicted molar refractivity (Wildman–Crippen MR) is 174 cm³/mol. The summed E-state index contributed by atoms with van der Waals surface area (Å²) < 4.78 is 4.65. The van der Waals surface area contributed by atoms with Crippen LogP contribution in [0.1, 0.15) is 46.9 Å². The first-order chi connectivity index (χ1) is 21.7. The highest BCUT2D eigenvalue weighted by Gasteiger charge is 2.41. The van der Waals surface area contributed by atoms with Crippen molar-refractivity contribution in [1.29, 1.82) is 0 Å². The zero-order valence-corrected chi connectivity index (χ0v) is 24.4. The fourth-order valence-corrected chi connectivity index (χ4v) is 8.01. The van der Waals surface area contributed by atoms with Crippen molar-refractivity contribution in [2.45, 2.75) is 37.8 Å². The van der Waals surface area contributed by atoms with Gasteiger partial charge in [-0.15, -0.1) is 0 Å². The molecule has 2 atom stereocenters. The topological polar surface area (TPSA) is 50.5 Å². The fourth-order valence-electron chi connectivity index (χ4n) is 8.01. The number of carbonyl (C=O) groups is 2. The number of benzene rings is 4. The van der Waals surface area contributed by atoms with E-state index in [1.807, 2.05) is 34.1 Å². The lowest BCUT2D eigenvalue weighted by atomic mass is 9.92. The molecule has 0 unspecified atom stereocenters. The Morgan fingerprint density at radius 1 is 0.455 bits per heavy atom. The van der Waals surface area contributed by atoms with Crippen LogP contribution in [0.4, 0.5) is 11.4 Å². The number of nitrogens with zero attached hydrogens (tertiary/aromatic N) is 4. The van der Waals surface area contributed by atoms with Crippen molar-refractivity contribution >= 4 is 45.0 Å². The van der Waals surface area contributed by atoms with Crippen LogP contribution in [0, 0.1) is 0 Å². The van der Waals surface area contributed by atoms with Crippen LogP contribution in [0.3, 0.4) is 0 Å². The molecule has 2 amide bonds. The predicted octanol–water partition coefficient (Wildman–Crippen LogP) is 7.05. The minimum Gasteiger partial charge on any atom is -0.347 e. The van der Waals surface area contributed by atoms with Crippen molar-refractivity contribution in [2.24, 2.45) is 0 Å². The number of aromatic nitrogens is 2. The molecule has 6 aromatic rings. The molecule has 3 aliphatic rings. The minimum absolute atomic E-state index is 0.117. The van der Waals surface area contributed by atoms with Gasteiger partial charge in [0.05, 0.1) is 11.8 Å². The van der Waals surface area contributed by atoms with Gasteiger partial charge in [0.2, 0.25) is 11.8 Å². The summed E-state index contributed by atoms with van der Waals surface area (Å²) in [6.07, 6.45) is 6.04. The molecule has 6 heteroatoms. The van der Waals surface area contributed by atoms with Crippen molar-refractivity contribution in [3.63, 3.8) is 0 Å². The fraction of sp³-hybridized carbons (Fsp3) is 0.211. The monoisotopic (exact) mass is 576 g/mol. The summed E-state index contributed by atoms with van der Waals surface area (Å²) in [6.45, 7) is 2.77. The number of para-hydroxylation sites is 4. The Bertz CT molecular complexity index is 1970. The third-order valence-electron chi connectivity index (χ3n) is 9.93. The standard InChI is InChI=1S/C38H32N4O2/c43-37-35-27-13-3-7-17-33(27)41(37)21-10-22-42-34-18-8-4-14-28(34)36(38(42)44)30-24-40(32-16-6-2-12-26(30)32)20-9-19-39-23-29(35)25-11-1-5-15-31(25)39/h1-8,11-18,23-24,35-36H,9-10,19-22H2/t35-,36-/m1/s1. The van der Waals surface area contributed by atoms with Gasteiger partial charge in [0.15, 0.2) is 0 Å². The highest BCUT2D eigenvalue weighted by atomic mass is 16.2. The lowest BCUT2D eigenvalue weighted by molar-refractivity contribution is -0.119. The first kappa shape index (κ1) is 25.4. The number of hydrogen-bond acceptors (Lipinski definition) is 2. The zero-order valence-electron chi connectivity index (χ0n) is 24.4. The molecular formula is C38H32N4O2. The lowest BCUT2D eigenvalue weighted by Crippen LogP contribution is -2.35. The van der Waals surface area contributed by atoms with Crippen LogP contribution in [-0.4, -0.2) is 34.0 Å². The van der Waals surface area contributed by atoms with Crippen molar-refractivity contribution < 1.29 is 9.59 Å². The molecule has 6 nitrogen and oxygen atoms in total. The van der Waals surface area contributed by atoms with Gasteiger partial charge in [0.25, 0.3) is 0 Å². The molecule has 4 aromatic carbocycles. The van der Waals surface area contributed by atoms with E-state index in [1.54, 1.807) is 0 Å². The second-order valence-electron chi connectivity index (χ2n) is 12.3. The summed E-state index contributed by atoms with van der Waals surface area (Å²) in [4.78, 5) is 32.4. The molecule has 0 aliphatic carbocycles. The Morgan fingerprint density at radius 3 is 1.36 bits per heavy atom. The Kier molecular flexibility index (Phi) is 5.61. The van der Waals surface area contributed by atoms with Crippen LogP contribution in [-0.2, 0) is 22.7 Å². The quantitative estimate of drug-likeness (QED) is 0.195. The van der Waals surface area contributed by atoms with Crippen LogP contribution >= 0.6 is 0 Å². The average molecular weight is 577 g/mol. The third kappa shape index (κ3) is 3.60. The number of anilines is 2. The van der Waals surface area contributed by atoms with E-state index < -0.39 is 0 Å². The molecule has 0 fully saturated rings. The SMILES string of the molecule is O=C1[C@@H]2c3ccccc3N1CCCN1C(=O)[C@H](c3ccccc31)c1cn(c3ccccc13)CCCn1cc2c2ccccc21. The molecule has 216 valence electrons. The van der Waals surface area contributed by atoms with Crippen molar-refractivity contribution in [1.82, 2.24) is 9.13 Å². The van der Waals surface area contributed by atoms with E-state index in [-0.39, 0.29) is 23.7 Å². The van der Waals surface area contributed by atoms with Crippen LogP contribution in [0.2, 0.25) is 0 Å². The van der Waals surface area contributed by atoms with Crippen LogP contribution in [0.5, 0.6) is 0 Å². The molecule has 3 aliphatic heterocycles. The summed E-state index contributed by atoms with van der Waals surface area (Å²) in [5.41, 5.74) is 8.55. The third-order valence-corrected chi connectivity index (χ3v) is 9.93. The van der Waals surface area contributed by atoms with Crippen LogP contribution < -0.4 is 9.80 Å². The van der Waals surface area contributed by atoms with E-state index in [4.69, 9.17) is 0 Å². The maximum Gasteiger partial charge on any atom is 0.239 e. The van der Waals surface area contributed by atoms with Gasteiger partial charge in [-0.3, -0.25) is 9.59 Å². The van der Waals surface area contributed by atoms with Gasteiger partial charge >= 0.3 is 0 Å². The molecule has 2 aromatic heterocycles. The minimum atomic E-state index is -0.342. The molecule has 8 bridgehead atoms. The Balaban J connectivity index is 1.20. The van der Waals surface area contributed by atoms with E-state index in [2.05, 4.69) is 94.3 Å². The summed E-state index contributed by atoms with van der Waals surface area (Å²) in [5, 5.41) is 2.28. The molecule has 0 spiro atoms. The van der Waals surface area contributed by atoms with Crippen LogP contribution in [0.25, 0.3) is 21.8 Å². The highest BCUT2D eigenvalue weighted by molar-refractivity contribution is 6.10. The van der Waals surface area contributed by atoms with Gasteiger partial charge in [-0.25, -0.2) is 0 Å². The zero-order chi connectivity index (χ0) is 29.4. The van der Waals surface area contributed by atoms with E-state index in [0.29, 0.717) is 19.5 Å². The van der Waals surface area contributed by atoms with E-state index in [0.717, 1.165) is 74.9 Å². The molecule has 44 heavy (non-hydrogen) atoms. The molecule has 5 heterocycles. The molecule has 0 saturated carbocycles. The van der Waals surface area contributed by atoms with Gasteiger partial charge in [0, 0.05) is 71.8 Å². The van der Waals surface area contributed by atoms with Gasteiger partial charge < -0.3 is 18.9 Å². The van der Waals surface area contributed by atoms with Crippen molar-refractivity contribution in [2.75, 3.05) is 22.9 Å². The first-order valence-corrected chi connectivity index (χ1v) is 15.7. The maximum absolute atomic E-state index is 14.3. The lowest BCUT2D eigenvalue weighted by Gasteiger charge is -2.22. The Labute approximate surface area is 255 Å². The maximum atomic E-state index is 14.3. The van der Waals surface area contributed by atoms with Crippen LogP contribution in [0.15, 0.2) is 109 Å². The second-order valence-corrected chi connectivity index (χ2v) is 12.3. The van der Waals surface area contributed by atoms with E-state index in [1.165, 1.54) is 0 Å². The Hall–Kier alpha value is -5.10. The largest absolute Gasteiger partial charge is 0.347 e. The van der Waals surface area contributed by atoms with Gasteiger partial charge in [-0.1, -0.05) is 72.8 Å². The average Bonchev–Trinajstić information content (AvgIpc) is 3.76. The summed E-state index contributed by atoms with van der Waals surface area (Å²) in [6, 6.07) is 33.4. The summed E-state index contributed by atoms with van der Waals surface area (Å²) >= 11 is 0. The number of rotatable bonds is 0. The number of fused-ring (bicyclic) bond motifs is 22. The number of amides is 2. The highest BCUT2D eigenvalue weighted by Crippen LogP contribution is 2.46. The molecule has 9 rings (SSSR count). The van der Waals surface area contributed by atoms with Crippen molar-refractivity contribution in [3.8, 4) is 0 Å². The molecule has 0 radical (unpaired) electrons. The number of aryl methyl sites for hydroxylation is 2. The smallest absolute Gasteiger partial charge is 0.239 e. The molecular weight excluding hydrogens is 544 g/mol. The molecule has 0 saturated heterocycles. The van der Waals surface area contributed by atoms with Gasteiger partial charge in [-0.2, -0.15) is 0 Å². The summed E-state index contributed by atoms with van der Waals surface area (Å²) in [5.74, 6) is -0.451. The van der Waals surface area contributed by atoms with Crippen molar-refractivity contribution in [3.05, 3.63) is 132 Å². The number of carbonyl (C=O) groups excluding carboxylic acids is 2. The number of hydrogen-bond donors (Lipinski definition) is 0. The van der Waals surface area contributed by atoms with E-state index >= 15 is 0 Å². The summed E-state index contributed by atoms with van der Waals surface area (Å²) in [7, 11) is 0. The van der Waals surface area contributed by atoms with E-state index in [9.17, 15) is 9.59 Å². The normalized spacial score (nSPS) is 19.7. The first-order valence-electron chi connectivity index (χ1n) is 15.7. The van der Waals surface area contributed by atoms with Gasteiger partial charge in [0.1, 0.15) is 0 Å².